The Hall–Kier alpha value is -1.68. The van der Waals surface area contributed by atoms with E-state index in [0.717, 1.165) is 10.6 Å². The zero-order valence-electron chi connectivity index (χ0n) is 8.68. The molecule has 4 nitrogen and oxygen atoms in total. The Morgan fingerprint density at radius 2 is 2.20 bits per heavy atom. The third-order valence-electron chi connectivity index (χ3n) is 2.39. The summed E-state index contributed by atoms with van der Waals surface area (Å²) in [4.78, 5) is 20.8. The van der Waals surface area contributed by atoms with Crippen molar-refractivity contribution in [3.63, 3.8) is 0 Å². The molecule has 0 fully saturated rings. The quantitative estimate of drug-likeness (QED) is 0.609. The monoisotopic (exact) mass is 204 g/mol. The molecule has 0 radical (unpaired) electrons. The molecule has 78 valence electrons. The maximum Gasteiger partial charge on any atom is 0.274 e. The first-order chi connectivity index (χ1) is 7.22. The van der Waals surface area contributed by atoms with Crippen LogP contribution in [0.1, 0.15) is 0 Å². The molecule has 0 bridgehead atoms. The number of rotatable bonds is 2. The number of carbonyl (C=O) groups excluding carboxylic acids is 1. The predicted octanol–water partition coefficient (Wildman–Crippen LogP) is -0.511. The maximum absolute atomic E-state index is 11.7. The molecule has 1 aromatic rings. The number of amides is 1. The average molecular weight is 204 g/mol. The van der Waals surface area contributed by atoms with Gasteiger partial charge in [-0.25, -0.2) is 5.06 Å². The van der Waals surface area contributed by atoms with Gasteiger partial charge in [-0.1, -0.05) is 18.2 Å². The summed E-state index contributed by atoms with van der Waals surface area (Å²) in [7, 11) is 3.04. The van der Waals surface area contributed by atoms with Gasteiger partial charge in [-0.15, -0.1) is 0 Å². The standard InChI is InChI=1S/C11H12N2O2/c1-13(15-2)11(14)10-7-8-5-3-4-6-9(8)12-10/h3-7,10H,1-2H3/t10-/m1/s1. The number of hydrogen-bond acceptors (Lipinski definition) is 3. The molecule has 1 aliphatic heterocycles. The summed E-state index contributed by atoms with van der Waals surface area (Å²) >= 11 is 0. The number of likely N-dealkylation sites (N-methyl/N-ethyl adjacent to an activating group) is 1. The summed E-state index contributed by atoms with van der Waals surface area (Å²) in [5.41, 5.74) is 0. The molecule has 2 rings (SSSR count). The molecule has 1 atom stereocenters. The van der Waals surface area contributed by atoms with E-state index in [1.165, 1.54) is 12.2 Å². The molecule has 0 saturated carbocycles. The second-order valence-electron chi connectivity index (χ2n) is 3.32. The van der Waals surface area contributed by atoms with Gasteiger partial charge in [-0.05, 0) is 17.4 Å². The van der Waals surface area contributed by atoms with E-state index in [0.29, 0.717) is 0 Å². The van der Waals surface area contributed by atoms with Gasteiger partial charge in [-0.2, -0.15) is 0 Å². The lowest BCUT2D eigenvalue weighted by atomic mass is 10.2. The van der Waals surface area contributed by atoms with Crippen LogP contribution < -0.4 is 10.6 Å². The molecule has 15 heavy (non-hydrogen) atoms. The van der Waals surface area contributed by atoms with Gasteiger partial charge >= 0.3 is 0 Å². The summed E-state index contributed by atoms with van der Waals surface area (Å²) in [6.07, 6.45) is 1.84. The van der Waals surface area contributed by atoms with E-state index in [4.69, 9.17) is 4.84 Å². The maximum atomic E-state index is 11.7. The van der Waals surface area contributed by atoms with Crippen molar-refractivity contribution in [2.45, 2.75) is 6.04 Å². The fourth-order valence-electron chi connectivity index (χ4n) is 1.51. The van der Waals surface area contributed by atoms with E-state index >= 15 is 0 Å². The summed E-state index contributed by atoms with van der Waals surface area (Å²) in [5.74, 6) is -0.159. The molecule has 1 amide bonds. The minimum atomic E-state index is -0.452. The second-order valence-corrected chi connectivity index (χ2v) is 3.32. The Bertz CT molecular complexity index is 461. The number of hydrogen-bond donors (Lipinski definition) is 0. The van der Waals surface area contributed by atoms with Crippen LogP contribution in [0, 0.1) is 0 Å². The molecule has 0 saturated heterocycles. The van der Waals surface area contributed by atoms with Crippen molar-refractivity contribution in [1.29, 1.82) is 0 Å². The first kappa shape index (κ1) is 9.86. The van der Waals surface area contributed by atoms with Crippen molar-refractivity contribution in [2.75, 3.05) is 14.2 Å². The van der Waals surface area contributed by atoms with Crippen LogP contribution in [-0.4, -0.2) is 31.2 Å². The van der Waals surface area contributed by atoms with Crippen molar-refractivity contribution < 1.29 is 9.63 Å². The van der Waals surface area contributed by atoms with Crippen LogP contribution in [0.5, 0.6) is 0 Å². The van der Waals surface area contributed by atoms with Crippen LogP contribution in [-0.2, 0) is 9.63 Å². The lowest BCUT2D eigenvalue weighted by molar-refractivity contribution is -0.168. The SMILES string of the molecule is CON(C)C(=O)[C@H]1C=c2ccccc2=N1. The predicted molar refractivity (Wildman–Crippen MR) is 55.3 cm³/mol. The molecule has 0 unspecified atom stereocenters. The van der Waals surface area contributed by atoms with Crippen LogP contribution in [0.3, 0.4) is 0 Å². The van der Waals surface area contributed by atoms with Crippen molar-refractivity contribution >= 4 is 12.0 Å². The fraction of sp³-hybridized carbons (Fsp3) is 0.273. The number of hydroxylamine groups is 2. The number of fused-ring (bicyclic) bond motifs is 1. The highest BCUT2D eigenvalue weighted by atomic mass is 16.7. The summed E-state index contributed by atoms with van der Waals surface area (Å²) in [5, 5.41) is 3.05. The second kappa shape index (κ2) is 3.82. The van der Waals surface area contributed by atoms with E-state index in [9.17, 15) is 4.79 Å². The highest BCUT2D eigenvalue weighted by molar-refractivity contribution is 5.87. The number of para-hydroxylation sites is 1. The first-order valence-corrected chi connectivity index (χ1v) is 4.69. The van der Waals surface area contributed by atoms with Gasteiger partial charge in [-0.3, -0.25) is 14.6 Å². The van der Waals surface area contributed by atoms with Gasteiger partial charge < -0.3 is 0 Å². The normalized spacial score (nSPS) is 17.6. The third kappa shape index (κ3) is 1.76. The first-order valence-electron chi connectivity index (χ1n) is 4.69. The zero-order chi connectivity index (χ0) is 10.8. The van der Waals surface area contributed by atoms with Gasteiger partial charge in [0.2, 0.25) is 0 Å². The Morgan fingerprint density at radius 1 is 1.47 bits per heavy atom. The van der Waals surface area contributed by atoms with Crippen LogP contribution in [0.4, 0.5) is 0 Å². The van der Waals surface area contributed by atoms with Crippen molar-refractivity contribution in [3.05, 3.63) is 34.8 Å². The van der Waals surface area contributed by atoms with E-state index < -0.39 is 6.04 Å². The van der Waals surface area contributed by atoms with Crippen LogP contribution in [0.25, 0.3) is 6.08 Å². The lowest BCUT2D eigenvalue weighted by Gasteiger charge is -2.15. The Kier molecular flexibility index (Phi) is 2.51. The molecule has 0 N–H and O–H groups in total. The summed E-state index contributed by atoms with van der Waals surface area (Å²) in [6, 6.07) is 7.22. The Morgan fingerprint density at radius 3 is 2.87 bits per heavy atom. The molecule has 0 aliphatic carbocycles. The van der Waals surface area contributed by atoms with Gasteiger partial charge in [0.25, 0.3) is 5.91 Å². The minimum absolute atomic E-state index is 0.159. The zero-order valence-corrected chi connectivity index (χ0v) is 8.68. The molecule has 1 aromatic carbocycles. The number of nitrogens with zero attached hydrogens (tertiary/aromatic N) is 2. The van der Waals surface area contributed by atoms with Gasteiger partial charge in [0, 0.05) is 7.05 Å². The highest BCUT2D eigenvalue weighted by Gasteiger charge is 2.21. The van der Waals surface area contributed by atoms with Crippen molar-refractivity contribution in [2.24, 2.45) is 4.99 Å². The van der Waals surface area contributed by atoms with E-state index in [1.807, 2.05) is 30.3 Å². The lowest BCUT2D eigenvalue weighted by Crippen LogP contribution is -2.33. The van der Waals surface area contributed by atoms with Crippen molar-refractivity contribution in [1.82, 2.24) is 5.06 Å². The number of carbonyl (C=O) groups is 1. The van der Waals surface area contributed by atoms with Gasteiger partial charge in [0.1, 0.15) is 0 Å². The smallest absolute Gasteiger partial charge is 0.274 e. The summed E-state index contributed by atoms with van der Waals surface area (Å²) in [6.45, 7) is 0. The van der Waals surface area contributed by atoms with E-state index in [-0.39, 0.29) is 5.91 Å². The number of benzene rings is 1. The highest BCUT2D eigenvalue weighted by Crippen LogP contribution is 2.01. The summed E-state index contributed by atoms with van der Waals surface area (Å²) < 4.78 is 0. The van der Waals surface area contributed by atoms with Crippen LogP contribution in [0.2, 0.25) is 0 Å². The van der Waals surface area contributed by atoms with E-state index in [1.54, 1.807) is 7.05 Å². The molecular formula is C11H12N2O2. The Balaban J connectivity index is 2.32. The molecule has 0 spiro atoms. The fourth-order valence-corrected chi connectivity index (χ4v) is 1.51. The average Bonchev–Trinajstić information content (AvgIpc) is 2.70. The Labute approximate surface area is 87.4 Å². The van der Waals surface area contributed by atoms with Gasteiger partial charge in [0.15, 0.2) is 6.04 Å². The van der Waals surface area contributed by atoms with Gasteiger partial charge in [0.05, 0.1) is 12.5 Å². The molecule has 0 aromatic heterocycles. The molecule has 1 aliphatic rings. The van der Waals surface area contributed by atoms with Crippen LogP contribution in [0.15, 0.2) is 29.3 Å². The largest absolute Gasteiger partial charge is 0.274 e. The van der Waals surface area contributed by atoms with Crippen LogP contribution >= 0.6 is 0 Å². The molecular weight excluding hydrogens is 192 g/mol. The topological polar surface area (TPSA) is 41.9 Å². The molecule has 1 heterocycles. The minimum Gasteiger partial charge on any atom is -0.274 e. The van der Waals surface area contributed by atoms with Crippen molar-refractivity contribution in [3.8, 4) is 0 Å². The third-order valence-corrected chi connectivity index (χ3v) is 2.39. The van der Waals surface area contributed by atoms with E-state index in [2.05, 4.69) is 4.99 Å². The molecule has 4 heteroatoms.